The highest BCUT2D eigenvalue weighted by atomic mass is 31.2. The van der Waals surface area contributed by atoms with Gasteiger partial charge in [-0.2, -0.15) is 10.1 Å². The summed E-state index contributed by atoms with van der Waals surface area (Å²) in [6, 6.07) is 6.71. The molecule has 1 saturated heterocycles. The predicted octanol–water partition coefficient (Wildman–Crippen LogP) is 1.41. The van der Waals surface area contributed by atoms with E-state index in [1.165, 1.54) is 26.0 Å². The smallest absolute Gasteiger partial charge is 0.459 e. The van der Waals surface area contributed by atoms with Crippen molar-refractivity contribution in [3.8, 4) is 5.75 Å². The van der Waals surface area contributed by atoms with Crippen molar-refractivity contribution in [2.24, 2.45) is 5.73 Å². The van der Waals surface area contributed by atoms with Crippen LogP contribution in [0.4, 0.5) is 14.6 Å². The summed E-state index contributed by atoms with van der Waals surface area (Å²) in [5.74, 6) is -2.43. The number of carbonyl (C=O) groups is 1. The highest BCUT2D eigenvalue weighted by Gasteiger charge is 2.58. The van der Waals surface area contributed by atoms with Gasteiger partial charge in [0.1, 0.15) is 36.2 Å². The number of hydrogen-bond acceptors (Lipinski definition) is 11. The lowest BCUT2D eigenvalue weighted by atomic mass is 9.91. The fourth-order valence-electron chi connectivity index (χ4n) is 3.87. The van der Waals surface area contributed by atoms with Gasteiger partial charge in [0, 0.05) is 0 Å². The number of hydrogen-bond donors (Lipinski definition) is 4. The average molecular weight is 576 g/mol. The van der Waals surface area contributed by atoms with Gasteiger partial charge in [-0.05, 0) is 39.8 Å². The van der Waals surface area contributed by atoms with Crippen LogP contribution in [0.1, 0.15) is 33.9 Å². The number of aliphatic hydroxyl groups is 1. The third kappa shape index (κ3) is 6.80. The zero-order valence-corrected chi connectivity index (χ0v) is 22.6. The molecule has 1 aliphatic rings. The second-order valence-electron chi connectivity index (χ2n) is 9.36. The molecule has 39 heavy (non-hydrogen) atoms. The summed E-state index contributed by atoms with van der Waals surface area (Å²) in [7, 11) is -4.43. The summed E-state index contributed by atoms with van der Waals surface area (Å²) >= 11 is 0. The number of aromatic nitrogens is 2. The molecule has 1 fully saturated rings. The van der Waals surface area contributed by atoms with Crippen LogP contribution in [-0.2, 0) is 23.4 Å². The van der Waals surface area contributed by atoms with Crippen molar-refractivity contribution >= 4 is 19.5 Å². The van der Waals surface area contributed by atoms with Gasteiger partial charge in [0.15, 0.2) is 17.9 Å². The van der Waals surface area contributed by atoms with Gasteiger partial charge in [0.2, 0.25) is 0 Å². The van der Waals surface area contributed by atoms with Crippen molar-refractivity contribution in [3.63, 3.8) is 0 Å². The molecule has 0 radical (unpaired) electrons. The third-order valence-electron chi connectivity index (χ3n) is 5.82. The maximum absolute atomic E-state index is 14.2. The Morgan fingerprint density at radius 1 is 1.31 bits per heavy atom. The number of nitrogens with zero attached hydrogens (tertiary/aromatic N) is 2. The Bertz CT molecular complexity index is 1270. The molecule has 2 heterocycles. The van der Waals surface area contributed by atoms with Crippen LogP contribution in [0, 0.1) is 5.82 Å². The molecule has 0 spiro atoms. The zero-order chi connectivity index (χ0) is 29.1. The number of alkyl halides is 1. The lowest BCUT2D eigenvalue weighted by molar-refractivity contribution is -0.149. The van der Waals surface area contributed by atoms with E-state index in [0.717, 1.165) is 0 Å². The molecule has 1 unspecified atom stereocenters. The van der Waals surface area contributed by atoms with Gasteiger partial charge in [-0.15, -0.1) is 0 Å². The maximum atomic E-state index is 14.2. The lowest BCUT2D eigenvalue weighted by Crippen LogP contribution is -2.58. The van der Waals surface area contributed by atoms with E-state index >= 15 is 0 Å². The van der Waals surface area contributed by atoms with Crippen molar-refractivity contribution in [3.05, 3.63) is 52.8 Å². The topological polar surface area (TPSA) is 190 Å². The summed E-state index contributed by atoms with van der Waals surface area (Å²) in [5.41, 5.74) is 8.03. The minimum absolute atomic E-state index is 0.114. The van der Waals surface area contributed by atoms with Gasteiger partial charge >= 0.3 is 19.4 Å². The van der Waals surface area contributed by atoms with Crippen molar-refractivity contribution < 1.29 is 41.8 Å². The number of benzene rings is 1. The van der Waals surface area contributed by atoms with Crippen molar-refractivity contribution in [1.29, 1.82) is 0 Å². The van der Waals surface area contributed by atoms with E-state index in [1.54, 1.807) is 32.0 Å². The number of carbonyl (C=O) groups excluding carboxylic acids is 1. The molecule has 1 aromatic heterocycles. The van der Waals surface area contributed by atoms with Gasteiger partial charge in [0.05, 0.1) is 18.4 Å². The number of nitrogen functional groups attached to an aromatic ring is 1. The second-order valence-corrected chi connectivity index (χ2v) is 11.0. The minimum Gasteiger partial charge on any atom is -0.462 e. The van der Waals surface area contributed by atoms with Crippen LogP contribution >= 0.6 is 7.75 Å². The first-order chi connectivity index (χ1) is 18.2. The molecule has 2 aromatic rings. The molecule has 0 bridgehead atoms. The third-order valence-corrected chi connectivity index (χ3v) is 7.58. The van der Waals surface area contributed by atoms with Crippen LogP contribution in [0.15, 0.2) is 41.3 Å². The Hall–Kier alpha value is -2.94. The number of nitrogens with two attached hydrogens (primary N) is 2. The molecule has 1 aromatic carbocycles. The van der Waals surface area contributed by atoms with E-state index in [-0.39, 0.29) is 5.75 Å². The summed E-state index contributed by atoms with van der Waals surface area (Å²) in [6.45, 7) is 4.56. The Morgan fingerprint density at radius 3 is 2.54 bits per heavy atom. The monoisotopic (exact) mass is 575 g/mol. The van der Waals surface area contributed by atoms with Crippen LogP contribution < -0.4 is 26.8 Å². The van der Waals surface area contributed by atoms with Crippen molar-refractivity contribution in [2.45, 2.75) is 69.9 Å². The number of ether oxygens (including phenoxy) is 2. The van der Waals surface area contributed by atoms with E-state index in [0.29, 0.717) is 10.8 Å². The minimum atomic E-state index is -4.43. The zero-order valence-electron chi connectivity index (χ0n) is 21.7. The first-order valence-electron chi connectivity index (χ1n) is 11.9. The maximum Gasteiger partial charge on any atom is 0.459 e. The summed E-state index contributed by atoms with van der Waals surface area (Å²) in [4.78, 5) is 28.1. The van der Waals surface area contributed by atoms with Crippen LogP contribution in [-0.4, -0.2) is 63.3 Å². The lowest BCUT2D eigenvalue weighted by Gasteiger charge is -2.31. The summed E-state index contributed by atoms with van der Waals surface area (Å²) in [6.07, 6.45) is -6.27. The SMILES string of the molecule is CC(C)OC(=O)[C@H](C)N[P@@](=O)(Oc1ccccc1)O[C@@H](C)[C@H]1O[C@@H](n2cc(F)c(N)nc2=O)[C@@](N)(CF)C1O. The Kier molecular flexibility index (Phi) is 9.47. The fraction of sp³-hybridized carbons (Fsp3) is 0.522. The van der Waals surface area contributed by atoms with E-state index < -0.39 is 79.9 Å². The molecular weight excluding hydrogens is 543 g/mol. The number of aliphatic hydroxyl groups excluding tert-OH is 1. The quantitative estimate of drug-likeness (QED) is 0.223. The van der Waals surface area contributed by atoms with Crippen LogP contribution in [0.3, 0.4) is 0 Å². The fourth-order valence-corrected chi connectivity index (χ4v) is 5.56. The number of halogens is 2. The molecule has 3 rings (SSSR count). The van der Waals surface area contributed by atoms with Crippen LogP contribution in [0.5, 0.6) is 5.75 Å². The number of esters is 1. The molecule has 216 valence electrons. The van der Waals surface area contributed by atoms with Crippen molar-refractivity contribution in [1.82, 2.24) is 14.6 Å². The number of nitrogens with one attached hydrogen (secondary N) is 1. The highest BCUT2D eigenvalue weighted by Crippen LogP contribution is 2.48. The van der Waals surface area contributed by atoms with E-state index in [2.05, 4.69) is 10.1 Å². The summed E-state index contributed by atoms with van der Waals surface area (Å²) in [5, 5.41) is 13.4. The first kappa shape index (κ1) is 30.6. The molecular formula is C23H32F2N5O8P. The molecule has 0 saturated carbocycles. The molecule has 1 aliphatic heterocycles. The van der Waals surface area contributed by atoms with Crippen molar-refractivity contribution in [2.75, 3.05) is 12.4 Å². The normalized spacial score (nSPS) is 26.1. The highest BCUT2D eigenvalue weighted by molar-refractivity contribution is 7.52. The second kappa shape index (κ2) is 12.1. The molecule has 7 atom stereocenters. The van der Waals surface area contributed by atoms with Crippen LogP contribution in [0.2, 0.25) is 0 Å². The predicted molar refractivity (Wildman–Crippen MR) is 135 cm³/mol. The first-order valence-corrected chi connectivity index (χ1v) is 13.5. The summed E-state index contributed by atoms with van der Waals surface area (Å²) < 4.78 is 64.8. The number of para-hydroxylation sites is 1. The van der Waals surface area contributed by atoms with Gasteiger partial charge in [-0.25, -0.2) is 18.1 Å². The average Bonchev–Trinajstić information content (AvgIpc) is 3.12. The van der Waals surface area contributed by atoms with E-state index in [1.807, 2.05) is 0 Å². The Morgan fingerprint density at radius 2 is 1.95 bits per heavy atom. The van der Waals surface area contributed by atoms with Gasteiger partial charge < -0.3 is 30.6 Å². The largest absolute Gasteiger partial charge is 0.462 e. The molecule has 16 heteroatoms. The molecule has 0 amide bonds. The molecule has 6 N–H and O–H groups in total. The molecule has 0 aliphatic carbocycles. The van der Waals surface area contributed by atoms with E-state index in [9.17, 15) is 28.0 Å². The number of anilines is 1. The molecule has 13 nitrogen and oxygen atoms in total. The number of rotatable bonds is 11. The Balaban J connectivity index is 1.91. The van der Waals surface area contributed by atoms with Gasteiger partial charge in [-0.3, -0.25) is 13.9 Å². The van der Waals surface area contributed by atoms with E-state index in [4.69, 9.17) is 30.0 Å². The van der Waals surface area contributed by atoms with Gasteiger partial charge in [-0.1, -0.05) is 18.2 Å². The van der Waals surface area contributed by atoms with Gasteiger partial charge in [0.25, 0.3) is 0 Å². The van der Waals surface area contributed by atoms with Crippen LogP contribution in [0.25, 0.3) is 0 Å². The standard InChI is InChI=1S/C23H32F2N5O8P/c1-12(2)35-20(32)13(3)29-39(34,38-15-8-6-5-7-9-15)37-14(4)17-18(31)23(27,11-24)21(36-17)30-10-16(25)19(26)28-22(30)33/h5-10,12-14,17-18,21,31H,11,27H2,1-4H3,(H,29,34)(H2,26,28,33)/t13-,14-,17+,18?,21+,23+,39-/m0/s1. The Labute approximate surface area is 223 Å².